The number of rotatable bonds is 4. The molecule has 4 nitrogen and oxygen atoms in total. The van der Waals surface area contributed by atoms with E-state index in [0.29, 0.717) is 17.3 Å². The molecule has 1 aliphatic heterocycles. The second kappa shape index (κ2) is 5.01. The van der Waals surface area contributed by atoms with E-state index in [-0.39, 0.29) is 0 Å². The van der Waals surface area contributed by atoms with E-state index in [9.17, 15) is 9.11 Å². The Morgan fingerprint density at radius 2 is 2.10 bits per heavy atom. The molecule has 1 aromatic heterocycles. The molecule has 3 rings (SSSR count). The van der Waals surface area contributed by atoms with Crippen LogP contribution >= 0.6 is 10.6 Å². The summed E-state index contributed by atoms with van der Waals surface area (Å²) in [6.45, 7) is 2.61. The van der Waals surface area contributed by atoms with Gasteiger partial charge in [0, 0.05) is 29.3 Å². The third-order valence-corrected chi connectivity index (χ3v) is 4.97. The molecule has 20 heavy (non-hydrogen) atoms. The topological polar surface area (TPSA) is 65.5 Å². The van der Waals surface area contributed by atoms with Crippen LogP contribution in [0.3, 0.4) is 0 Å². The molecule has 5 heteroatoms. The second-order valence-electron chi connectivity index (χ2n) is 4.80. The number of aromatic nitrogens is 1. The summed E-state index contributed by atoms with van der Waals surface area (Å²) in [7, 11) is -2.77. The number of benzene rings is 1. The highest BCUT2D eigenvalue weighted by atomic mass is 32.3. The van der Waals surface area contributed by atoms with Crippen molar-refractivity contribution in [1.29, 1.82) is 0 Å². The van der Waals surface area contributed by atoms with Gasteiger partial charge in [0.2, 0.25) is 0 Å². The summed E-state index contributed by atoms with van der Waals surface area (Å²) < 4.78 is 25.5. The second-order valence-corrected chi connectivity index (χ2v) is 6.70. The molecule has 3 N–H and O–H groups in total. The van der Waals surface area contributed by atoms with Gasteiger partial charge in [-0.1, -0.05) is 6.07 Å². The van der Waals surface area contributed by atoms with E-state index in [1.54, 1.807) is 18.2 Å². The van der Waals surface area contributed by atoms with Crippen molar-refractivity contribution in [3.63, 3.8) is 0 Å². The Morgan fingerprint density at radius 3 is 2.85 bits per heavy atom. The summed E-state index contributed by atoms with van der Waals surface area (Å²) >= 11 is 0. The zero-order chi connectivity index (χ0) is 14.2. The van der Waals surface area contributed by atoms with Gasteiger partial charge in [-0.15, -0.1) is 10.6 Å². The van der Waals surface area contributed by atoms with E-state index in [1.807, 2.05) is 18.3 Å². The van der Waals surface area contributed by atoms with Crippen molar-refractivity contribution >= 4 is 16.7 Å². The quantitative estimate of drug-likeness (QED) is 0.796. The normalized spacial score (nSPS) is 16.9. The van der Waals surface area contributed by atoms with Crippen LogP contribution in [0.2, 0.25) is 0 Å². The first kappa shape index (κ1) is 13.3. The molecule has 0 amide bonds. The molecule has 1 aromatic carbocycles. The van der Waals surface area contributed by atoms with Crippen LogP contribution in [-0.4, -0.2) is 20.7 Å². The van der Waals surface area contributed by atoms with E-state index < -0.39 is 10.6 Å². The van der Waals surface area contributed by atoms with Crippen LogP contribution < -0.4 is 4.74 Å². The molecule has 0 radical (unpaired) electrons. The lowest BCUT2D eigenvalue weighted by atomic mass is 10.2. The Hall–Kier alpha value is -1.69. The standard InChI is InChI=1S/C15H17NO3S/c1-11-5-8-16-13(11)6-9-19-14-3-2-4-15-12(14)7-10-20(15,17)18/h2-5,7-8,10,16-18H,6,9H2,1H3. The zero-order valence-electron chi connectivity index (χ0n) is 11.2. The fourth-order valence-electron chi connectivity index (χ4n) is 2.33. The summed E-state index contributed by atoms with van der Waals surface area (Å²) in [5, 5.41) is 1.44. The van der Waals surface area contributed by atoms with Crippen molar-refractivity contribution in [2.24, 2.45) is 0 Å². The van der Waals surface area contributed by atoms with Crippen molar-refractivity contribution in [3.8, 4) is 5.75 Å². The molecule has 0 saturated heterocycles. The summed E-state index contributed by atoms with van der Waals surface area (Å²) in [6.07, 6.45) is 4.44. The van der Waals surface area contributed by atoms with Crippen molar-refractivity contribution in [3.05, 3.63) is 52.7 Å². The number of H-pyrrole nitrogens is 1. The maximum Gasteiger partial charge on any atom is 0.128 e. The molecule has 0 fully saturated rings. The van der Waals surface area contributed by atoms with Gasteiger partial charge in [-0.05, 0) is 36.8 Å². The lowest BCUT2D eigenvalue weighted by molar-refractivity contribution is 0.319. The number of hydrogen-bond acceptors (Lipinski definition) is 3. The Balaban J connectivity index is 1.72. The van der Waals surface area contributed by atoms with Gasteiger partial charge in [-0.3, -0.25) is 9.11 Å². The van der Waals surface area contributed by atoms with Crippen LogP contribution in [-0.2, 0) is 6.42 Å². The monoisotopic (exact) mass is 291 g/mol. The molecule has 0 bridgehead atoms. The number of aryl methyl sites for hydroxylation is 1. The van der Waals surface area contributed by atoms with Crippen LogP contribution in [0, 0.1) is 6.92 Å². The number of nitrogens with one attached hydrogen (secondary N) is 1. The summed E-state index contributed by atoms with van der Waals surface area (Å²) in [5.41, 5.74) is 3.16. The number of aromatic amines is 1. The predicted molar refractivity (Wildman–Crippen MR) is 81.3 cm³/mol. The molecule has 2 aromatic rings. The Labute approximate surface area is 119 Å². The molecule has 2 heterocycles. The average Bonchev–Trinajstić information content (AvgIpc) is 2.95. The summed E-state index contributed by atoms with van der Waals surface area (Å²) in [6, 6.07) is 7.40. The van der Waals surface area contributed by atoms with Crippen LogP contribution in [0.4, 0.5) is 0 Å². The lowest BCUT2D eigenvalue weighted by Gasteiger charge is -2.25. The molecule has 0 spiro atoms. The third kappa shape index (κ3) is 2.35. The minimum atomic E-state index is -2.77. The van der Waals surface area contributed by atoms with Crippen LogP contribution in [0.25, 0.3) is 6.08 Å². The van der Waals surface area contributed by atoms with E-state index in [4.69, 9.17) is 4.74 Å². The molecule has 0 unspecified atom stereocenters. The van der Waals surface area contributed by atoms with Crippen LogP contribution in [0.15, 0.2) is 40.8 Å². The van der Waals surface area contributed by atoms with Gasteiger partial charge in [0.25, 0.3) is 0 Å². The van der Waals surface area contributed by atoms with Crippen LogP contribution in [0.5, 0.6) is 5.75 Å². The first-order chi connectivity index (χ1) is 9.58. The van der Waals surface area contributed by atoms with Crippen molar-refractivity contribution < 1.29 is 13.8 Å². The highest BCUT2D eigenvalue weighted by Gasteiger charge is 2.23. The average molecular weight is 291 g/mol. The highest BCUT2D eigenvalue weighted by molar-refractivity contribution is 8.27. The molecule has 1 aliphatic rings. The molecule has 0 saturated carbocycles. The first-order valence-corrected chi connectivity index (χ1v) is 8.04. The van der Waals surface area contributed by atoms with E-state index >= 15 is 0 Å². The van der Waals surface area contributed by atoms with Gasteiger partial charge in [-0.2, -0.15) is 0 Å². The Bertz CT molecular complexity index is 661. The largest absolute Gasteiger partial charge is 0.492 e. The van der Waals surface area contributed by atoms with Gasteiger partial charge in [-0.25, -0.2) is 0 Å². The van der Waals surface area contributed by atoms with Gasteiger partial charge in [0.05, 0.1) is 11.5 Å². The molecule has 106 valence electrons. The third-order valence-electron chi connectivity index (χ3n) is 3.45. The zero-order valence-corrected chi connectivity index (χ0v) is 12.0. The molecular formula is C15H17NO3S. The molecule has 0 atom stereocenters. The van der Waals surface area contributed by atoms with E-state index in [1.165, 1.54) is 11.0 Å². The minimum Gasteiger partial charge on any atom is -0.492 e. The van der Waals surface area contributed by atoms with Gasteiger partial charge in [0.1, 0.15) is 5.75 Å². The predicted octanol–water partition coefficient (Wildman–Crippen LogP) is 4.04. The fourth-order valence-corrected chi connectivity index (χ4v) is 3.57. The van der Waals surface area contributed by atoms with Crippen LogP contribution in [0.1, 0.15) is 16.8 Å². The smallest absolute Gasteiger partial charge is 0.128 e. The fraction of sp³-hybridized carbons (Fsp3) is 0.200. The summed E-state index contributed by atoms with van der Waals surface area (Å²) in [5.74, 6) is 0.695. The van der Waals surface area contributed by atoms with Gasteiger partial charge < -0.3 is 9.72 Å². The van der Waals surface area contributed by atoms with Crippen molar-refractivity contribution in [2.75, 3.05) is 6.61 Å². The first-order valence-electron chi connectivity index (χ1n) is 6.43. The maximum absolute atomic E-state index is 9.87. The number of hydrogen-bond donors (Lipinski definition) is 3. The molecule has 0 aliphatic carbocycles. The Kier molecular flexibility index (Phi) is 3.33. The minimum absolute atomic E-state index is 0.546. The van der Waals surface area contributed by atoms with E-state index in [0.717, 1.165) is 17.7 Å². The van der Waals surface area contributed by atoms with Crippen molar-refractivity contribution in [1.82, 2.24) is 4.98 Å². The lowest BCUT2D eigenvalue weighted by Crippen LogP contribution is -2.04. The highest BCUT2D eigenvalue weighted by Crippen LogP contribution is 2.57. The van der Waals surface area contributed by atoms with Crippen molar-refractivity contribution in [2.45, 2.75) is 18.2 Å². The summed E-state index contributed by atoms with van der Waals surface area (Å²) in [4.78, 5) is 3.73. The SMILES string of the molecule is Cc1cc[nH]c1CCOc1cccc2c1C=CS2(O)O. The maximum atomic E-state index is 9.87. The van der Waals surface area contributed by atoms with E-state index in [2.05, 4.69) is 11.9 Å². The Morgan fingerprint density at radius 1 is 1.25 bits per heavy atom. The number of fused-ring (bicyclic) bond motifs is 1. The van der Waals surface area contributed by atoms with Gasteiger partial charge >= 0.3 is 0 Å². The number of ether oxygens (including phenoxy) is 1. The van der Waals surface area contributed by atoms with Gasteiger partial charge in [0.15, 0.2) is 0 Å². The molecular weight excluding hydrogens is 274 g/mol.